The average Bonchev–Trinajstić information content (AvgIpc) is 2.35. The highest BCUT2D eigenvalue weighted by molar-refractivity contribution is 6.32. The molecule has 0 unspecified atom stereocenters. The minimum atomic E-state index is -0.121. The van der Waals surface area contributed by atoms with Crippen LogP contribution in [0.15, 0.2) is 11.0 Å². The van der Waals surface area contributed by atoms with Crippen molar-refractivity contribution in [2.24, 2.45) is 5.92 Å². The Balaban J connectivity index is 2.14. The van der Waals surface area contributed by atoms with Gasteiger partial charge in [0.15, 0.2) is 0 Å². The standard InChI is InChI=1S/C15H25ClN4O/c1-15(2,19(3)4)10-17-13-12(16)8-18-20(14(13)21)9-11-6-5-7-11/h8,11,17H,5-7,9-10H2,1-4H3. The van der Waals surface area contributed by atoms with Crippen LogP contribution in [0.5, 0.6) is 0 Å². The first kappa shape index (κ1) is 16.3. The molecule has 1 aliphatic rings. The van der Waals surface area contributed by atoms with Crippen LogP contribution in [-0.2, 0) is 6.54 Å². The van der Waals surface area contributed by atoms with Gasteiger partial charge in [-0.1, -0.05) is 18.0 Å². The van der Waals surface area contributed by atoms with Crippen molar-refractivity contribution in [2.75, 3.05) is 26.0 Å². The molecule has 1 heterocycles. The molecule has 0 amide bonds. The zero-order valence-corrected chi connectivity index (χ0v) is 14.1. The zero-order valence-electron chi connectivity index (χ0n) is 13.3. The Bertz CT molecular complexity index is 549. The topological polar surface area (TPSA) is 50.2 Å². The van der Waals surface area contributed by atoms with E-state index in [1.54, 1.807) is 10.9 Å². The van der Waals surface area contributed by atoms with Crippen LogP contribution in [0.1, 0.15) is 33.1 Å². The first-order chi connectivity index (χ1) is 9.81. The highest BCUT2D eigenvalue weighted by Crippen LogP contribution is 2.27. The minimum absolute atomic E-state index is 0.0716. The molecule has 1 aromatic heterocycles. The van der Waals surface area contributed by atoms with Crippen molar-refractivity contribution in [1.29, 1.82) is 0 Å². The molecule has 1 aromatic rings. The van der Waals surface area contributed by atoms with Crippen molar-refractivity contribution >= 4 is 17.3 Å². The van der Waals surface area contributed by atoms with E-state index in [9.17, 15) is 4.79 Å². The summed E-state index contributed by atoms with van der Waals surface area (Å²) in [7, 11) is 4.04. The molecule has 0 radical (unpaired) electrons. The predicted octanol–water partition coefficient (Wildman–Crippen LogP) is 2.45. The summed E-state index contributed by atoms with van der Waals surface area (Å²) in [4.78, 5) is 14.6. The largest absolute Gasteiger partial charge is 0.377 e. The number of anilines is 1. The Hall–Kier alpha value is -1.07. The molecule has 6 heteroatoms. The fourth-order valence-electron chi connectivity index (χ4n) is 2.14. The van der Waals surface area contributed by atoms with Crippen LogP contribution in [0.4, 0.5) is 5.69 Å². The molecule has 0 aromatic carbocycles. The quantitative estimate of drug-likeness (QED) is 0.876. The van der Waals surface area contributed by atoms with Crippen molar-refractivity contribution in [3.63, 3.8) is 0 Å². The zero-order chi connectivity index (χ0) is 15.6. The average molecular weight is 313 g/mol. The number of hydrogen-bond donors (Lipinski definition) is 1. The Morgan fingerprint density at radius 1 is 1.48 bits per heavy atom. The molecule has 21 heavy (non-hydrogen) atoms. The van der Waals surface area contributed by atoms with Crippen molar-refractivity contribution < 1.29 is 0 Å². The van der Waals surface area contributed by atoms with E-state index >= 15 is 0 Å². The van der Waals surface area contributed by atoms with Gasteiger partial charge in [-0.05, 0) is 46.7 Å². The Labute approximate surface area is 131 Å². The number of likely N-dealkylation sites (N-methyl/N-ethyl adjacent to an activating group) is 1. The number of hydrogen-bond acceptors (Lipinski definition) is 4. The second-order valence-corrected chi connectivity index (χ2v) is 7.12. The van der Waals surface area contributed by atoms with E-state index in [-0.39, 0.29) is 11.1 Å². The second-order valence-electron chi connectivity index (χ2n) is 6.71. The minimum Gasteiger partial charge on any atom is -0.377 e. The van der Waals surface area contributed by atoms with Gasteiger partial charge in [0.25, 0.3) is 5.56 Å². The number of aromatic nitrogens is 2. The molecule has 1 saturated carbocycles. The number of nitrogens with zero attached hydrogens (tertiary/aromatic N) is 3. The van der Waals surface area contributed by atoms with E-state index in [1.807, 2.05) is 14.1 Å². The molecule has 0 aliphatic heterocycles. The summed E-state index contributed by atoms with van der Waals surface area (Å²) >= 11 is 6.14. The summed E-state index contributed by atoms with van der Waals surface area (Å²) in [6, 6.07) is 0. The molecule has 0 bridgehead atoms. The molecule has 0 saturated heterocycles. The van der Waals surface area contributed by atoms with Gasteiger partial charge in [-0.2, -0.15) is 5.10 Å². The third-order valence-electron chi connectivity index (χ3n) is 4.56. The van der Waals surface area contributed by atoms with Crippen LogP contribution >= 0.6 is 11.6 Å². The lowest BCUT2D eigenvalue weighted by molar-refractivity contribution is 0.210. The van der Waals surface area contributed by atoms with Gasteiger partial charge in [0.05, 0.1) is 11.2 Å². The first-order valence-electron chi connectivity index (χ1n) is 7.48. The Morgan fingerprint density at radius 2 is 2.14 bits per heavy atom. The smallest absolute Gasteiger partial charge is 0.291 e. The lowest BCUT2D eigenvalue weighted by Gasteiger charge is -2.33. The van der Waals surface area contributed by atoms with Crippen LogP contribution in [-0.4, -0.2) is 40.9 Å². The Morgan fingerprint density at radius 3 is 2.67 bits per heavy atom. The summed E-state index contributed by atoms with van der Waals surface area (Å²) in [5.74, 6) is 0.586. The molecule has 5 nitrogen and oxygen atoms in total. The summed E-state index contributed by atoms with van der Waals surface area (Å²) in [6.45, 7) is 5.56. The lowest BCUT2D eigenvalue weighted by atomic mass is 9.85. The highest BCUT2D eigenvalue weighted by atomic mass is 35.5. The third kappa shape index (κ3) is 3.77. The van der Waals surface area contributed by atoms with Crippen molar-refractivity contribution in [1.82, 2.24) is 14.7 Å². The van der Waals surface area contributed by atoms with Gasteiger partial charge in [0, 0.05) is 18.6 Å². The molecule has 118 valence electrons. The van der Waals surface area contributed by atoms with Crippen LogP contribution in [0.3, 0.4) is 0 Å². The van der Waals surface area contributed by atoms with Gasteiger partial charge >= 0.3 is 0 Å². The van der Waals surface area contributed by atoms with Gasteiger partial charge in [0.2, 0.25) is 0 Å². The summed E-state index contributed by atoms with van der Waals surface area (Å²) in [6.07, 6.45) is 5.20. The lowest BCUT2D eigenvalue weighted by Crippen LogP contribution is -2.45. The number of rotatable bonds is 6. The number of halogens is 1. The first-order valence-corrected chi connectivity index (χ1v) is 7.86. The van der Waals surface area contributed by atoms with E-state index in [1.165, 1.54) is 19.3 Å². The van der Waals surface area contributed by atoms with Crippen LogP contribution in [0.2, 0.25) is 5.02 Å². The van der Waals surface area contributed by atoms with Gasteiger partial charge in [-0.15, -0.1) is 0 Å². The van der Waals surface area contributed by atoms with Gasteiger partial charge in [0.1, 0.15) is 5.69 Å². The Kier molecular flexibility index (Phi) is 4.94. The molecule has 1 N–H and O–H groups in total. The van der Waals surface area contributed by atoms with Crippen molar-refractivity contribution in [3.8, 4) is 0 Å². The van der Waals surface area contributed by atoms with E-state index < -0.39 is 0 Å². The fraction of sp³-hybridized carbons (Fsp3) is 0.733. The van der Waals surface area contributed by atoms with Gasteiger partial charge in [-0.3, -0.25) is 4.79 Å². The second kappa shape index (κ2) is 6.36. The molecule has 0 atom stereocenters. The van der Waals surface area contributed by atoms with E-state index in [2.05, 4.69) is 29.2 Å². The maximum absolute atomic E-state index is 12.5. The molecule has 2 rings (SSSR count). The van der Waals surface area contributed by atoms with Gasteiger partial charge in [-0.25, -0.2) is 4.68 Å². The summed E-state index contributed by atoms with van der Waals surface area (Å²) in [5, 5.41) is 7.76. The van der Waals surface area contributed by atoms with E-state index in [0.29, 0.717) is 29.7 Å². The summed E-state index contributed by atoms with van der Waals surface area (Å²) in [5.41, 5.74) is 0.266. The van der Waals surface area contributed by atoms with Crippen LogP contribution < -0.4 is 10.9 Å². The highest BCUT2D eigenvalue weighted by Gasteiger charge is 2.23. The SMILES string of the molecule is CN(C)C(C)(C)CNc1c(Cl)cnn(CC2CCC2)c1=O. The molecular formula is C15H25ClN4O. The molecule has 1 fully saturated rings. The van der Waals surface area contributed by atoms with Crippen molar-refractivity contribution in [2.45, 2.75) is 45.2 Å². The van der Waals surface area contributed by atoms with Gasteiger partial charge < -0.3 is 10.2 Å². The van der Waals surface area contributed by atoms with Crippen LogP contribution in [0.25, 0.3) is 0 Å². The number of nitrogens with one attached hydrogen (secondary N) is 1. The van der Waals surface area contributed by atoms with Crippen molar-refractivity contribution in [3.05, 3.63) is 21.6 Å². The summed E-state index contributed by atoms with van der Waals surface area (Å²) < 4.78 is 1.54. The molecular weight excluding hydrogens is 288 g/mol. The normalized spacial score (nSPS) is 16.1. The monoisotopic (exact) mass is 312 g/mol. The van der Waals surface area contributed by atoms with E-state index in [0.717, 1.165) is 0 Å². The molecule has 1 aliphatic carbocycles. The maximum Gasteiger partial charge on any atom is 0.291 e. The fourth-order valence-corrected chi connectivity index (χ4v) is 2.33. The third-order valence-corrected chi connectivity index (χ3v) is 4.85. The van der Waals surface area contributed by atoms with E-state index in [4.69, 9.17) is 11.6 Å². The molecule has 0 spiro atoms. The maximum atomic E-state index is 12.5. The predicted molar refractivity (Wildman–Crippen MR) is 87.1 cm³/mol. The van der Waals surface area contributed by atoms with Crippen LogP contribution in [0, 0.1) is 5.92 Å².